The van der Waals surface area contributed by atoms with Gasteiger partial charge in [-0.25, -0.2) is 22.1 Å². The molecule has 0 aliphatic carbocycles. The number of imidazole rings is 1. The molecular formula is C20H21FN4O3S2. The highest BCUT2D eigenvalue weighted by Gasteiger charge is 2.19. The maximum absolute atomic E-state index is 13.3. The normalized spacial score (nSPS) is 11.6. The standard InChI is InChI=1S/C20H21FN4O3S2/c1-24(2)30(27,28)17-10-4-14(5-11-17)12-22-19(26)18-13-23-20(29-3)25(18)16-8-6-15(21)7-9-16/h4-11,13H,12H2,1-3H3,(H,22,26). The molecule has 0 unspecified atom stereocenters. The van der Waals surface area contributed by atoms with Gasteiger partial charge < -0.3 is 5.32 Å². The number of halogens is 1. The maximum Gasteiger partial charge on any atom is 0.270 e. The minimum Gasteiger partial charge on any atom is -0.347 e. The molecule has 1 N–H and O–H groups in total. The van der Waals surface area contributed by atoms with E-state index in [0.29, 0.717) is 16.5 Å². The van der Waals surface area contributed by atoms with Gasteiger partial charge in [0, 0.05) is 26.3 Å². The number of nitrogens with zero attached hydrogens (tertiary/aromatic N) is 3. The van der Waals surface area contributed by atoms with E-state index in [4.69, 9.17) is 0 Å². The summed E-state index contributed by atoms with van der Waals surface area (Å²) in [4.78, 5) is 17.2. The average Bonchev–Trinajstić information content (AvgIpc) is 3.17. The SMILES string of the molecule is CSc1ncc(C(=O)NCc2ccc(S(=O)(=O)N(C)C)cc2)n1-c1ccc(F)cc1. The quantitative estimate of drug-likeness (QED) is 0.562. The molecular weight excluding hydrogens is 427 g/mol. The number of hydrogen-bond acceptors (Lipinski definition) is 5. The minimum atomic E-state index is -3.50. The van der Waals surface area contributed by atoms with Gasteiger partial charge in [0.1, 0.15) is 11.5 Å². The lowest BCUT2D eigenvalue weighted by atomic mass is 10.2. The van der Waals surface area contributed by atoms with Crippen LogP contribution in [0.2, 0.25) is 0 Å². The highest BCUT2D eigenvalue weighted by Crippen LogP contribution is 2.22. The van der Waals surface area contributed by atoms with Gasteiger partial charge in [-0.1, -0.05) is 23.9 Å². The lowest BCUT2D eigenvalue weighted by Gasteiger charge is -2.13. The molecule has 1 aromatic heterocycles. The van der Waals surface area contributed by atoms with Crippen LogP contribution in [0.25, 0.3) is 5.69 Å². The molecule has 0 spiro atoms. The molecule has 30 heavy (non-hydrogen) atoms. The van der Waals surface area contributed by atoms with Crippen molar-refractivity contribution in [1.29, 1.82) is 0 Å². The van der Waals surface area contributed by atoms with Gasteiger partial charge in [-0.15, -0.1) is 0 Å². The number of amides is 1. The predicted octanol–water partition coefficient (Wildman–Crippen LogP) is 2.91. The third kappa shape index (κ3) is 4.55. The van der Waals surface area contributed by atoms with E-state index < -0.39 is 10.0 Å². The van der Waals surface area contributed by atoms with Crippen molar-refractivity contribution in [2.24, 2.45) is 0 Å². The van der Waals surface area contributed by atoms with Gasteiger partial charge >= 0.3 is 0 Å². The average molecular weight is 449 g/mol. The molecule has 0 aliphatic heterocycles. The van der Waals surface area contributed by atoms with Crippen LogP contribution in [-0.4, -0.2) is 48.5 Å². The number of carbonyl (C=O) groups excluding carboxylic acids is 1. The minimum absolute atomic E-state index is 0.182. The Morgan fingerprint density at radius 2 is 1.77 bits per heavy atom. The van der Waals surface area contributed by atoms with E-state index in [0.717, 1.165) is 9.87 Å². The fourth-order valence-corrected chi connectivity index (χ4v) is 4.19. The molecule has 2 aromatic carbocycles. The summed E-state index contributed by atoms with van der Waals surface area (Å²) in [6.07, 6.45) is 3.31. The Balaban J connectivity index is 1.77. The number of benzene rings is 2. The zero-order chi connectivity index (χ0) is 21.9. The molecule has 0 atom stereocenters. The molecule has 3 rings (SSSR count). The molecule has 0 radical (unpaired) electrons. The Bertz CT molecular complexity index is 1140. The van der Waals surface area contributed by atoms with Crippen LogP contribution in [0.4, 0.5) is 4.39 Å². The Morgan fingerprint density at radius 3 is 2.33 bits per heavy atom. The smallest absolute Gasteiger partial charge is 0.270 e. The molecule has 0 bridgehead atoms. The number of sulfonamides is 1. The third-order valence-corrected chi connectivity index (χ3v) is 6.87. The Labute approximate surface area is 179 Å². The topological polar surface area (TPSA) is 84.3 Å². The van der Waals surface area contributed by atoms with Crippen molar-refractivity contribution < 1.29 is 17.6 Å². The molecule has 1 heterocycles. The Hall–Kier alpha value is -2.69. The van der Waals surface area contributed by atoms with Crippen molar-refractivity contribution in [1.82, 2.24) is 19.2 Å². The van der Waals surface area contributed by atoms with E-state index >= 15 is 0 Å². The molecule has 0 saturated heterocycles. The zero-order valence-corrected chi connectivity index (χ0v) is 18.3. The second-order valence-electron chi connectivity index (χ2n) is 6.56. The zero-order valence-electron chi connectivity index (χ0n) is 16.7. The van der Waals surface area contributed by atoms with E-state index in [1.165, 1.54) is 56.3 Å². The summed E-state index contributed by atoms with van der Waals surface area (Å²) in [6.45, 7) is 0.213. The summed E-state index contributed by atoms with van der Waals surface area (Å²) >= 11 is 1.37. The van der Waals surface area contributed by atoms with Crippen LogP contribution in [0.1, 0.15) is 16.1 Å². The first kappa shape index (κ1) is 22.0. The van der Waals surface area contributed by atoms with Crippen LogP contribution in [0.15, 0.2) is 64.8 Å². The van der Waals surface area contributed by atoms with E-state index in [2.05, 4.69) is 10.3 Å². The molecule has 0 aliphatic rings. The lowest BCUT2D eigenvalue weighted by molar-refractivity contribution is 0.0943. The van der Waals surface area contributed by atoms with Gasteiger partial charge in [-0.05, 0) is 48.2 Å². The van der Waals surface area contributed by atoms with Crippen molar-refractivity contribution in [3.63, 3.8) is 0 Å². The van der Waals surface area contributed by atoms with Crippen LogP contribution in [0, 0.1) is 5.82 Å². The number of aromatic nitrogens is 2. The first-order valence-corrected chi connectivity index (χ1v) is 11.6. The van der Waals surface area contributed by atoms with Crippen molar-refractivity contribution >= 4 is 27.7 Å². The number of nitrogens with one attached hydrogen (secondary N) is 1. The molecule has 158 valence electrons. The van der Waals surface area contributed by atoms with E-state index in [1.807, 2.05) is 6.26 Å². The van der Waals surface area contributed by atoms with Crippen LogP contribution in [0.5, 0.6) is 0 Å². The van der Waals surface area contributed by atoms with Gasteiger partial charge in [0.25, 0.3) is 5.91 Å². The monoisotopic (exact) mass is 448 g/mol. The van der Waals surface area contributed by atoms with Crippen molar-refractivity contribution in [2.75, 3.05) is 20.4 Å². The molecule has 10 heteroatoms. The van der Waals surface area contributed by atoms with Gasteiger partial charge in [0.05, 0.1) is 11.1 Å². The number of thioether (sulfide) groups is 1. The summed E-state index contributed by atoms with van der Waals surface area (Å²) < 4.78 is 40.4. The predicted molar refractivity (Wildman–Crippen MR) is 114 cm³/mol. The first-order valence-electron chi connectivity index (χ1n) is 8.91. The fourth-order valence-electron chi connectivity index (χ4n) is 2.74. The largest absolute Gasteiger partial charge is 0.347 e. The molecule has 1 amide bonds. The summed E-state index contributed by atoms with van der Waals surface area (Å²) in [5.41, 5.74) is 1.69. The third-order valence-electron chi connectivity index (χ3n) is 4.38. The molecule has 0 fully saturated rings. The van der Waals surface area contributed by atoms with Crippen molar-refractivity contribution in [3.05, 3.63) is 71.8 Å². The Kier molecular flexibility index (Phi) is 6.59. The van der Waals surface area contributed by atoms with Crippen LogP contribution in [0.3, 0.4) is 0 Å². The molecule has 3 aromatic rings. The van der Waals surface area contributed by atoms with E-state index in [9.17, 15) is 17.6 Å². The highest BCUT2D eigenvalue weighted by molar-refractivity contribution is 7.98. The molecule has 0 saturated carbocycles. The lowest BCUT2D eigenvalue weighted by Crippen LogP contribution is -2.25. The summed E-state index contributed by atoms with van der Waals surface area (Å²) in [7, 11) is -0.564. The van der Waals surface area contributed by atoms with E-state index in [1.54, 1.807) is 28.8 Å². The fraction of sp³-hybridized carbons (Fsp3) is 0.200. The van der Waals surface area contributed by atoms with Gasteiger partial charge in [0.2, 0.25) is 10.0 Å². The van der Waals surface area contributed by atoms with Gasteiger partial charge in [-0.2, -0.15) is 0 Å². The second-order valence-corrected chi connectivity index (χ2v) is 9.48. The molecule has 7 nitrogen and oxygen atoms in total. The number of hydrogen-bond donors (Lipinski definition) is 1. The first-order chi connectivity index (χ1) is 14.2. The van der Waals surface area contributed by atoms with E-state index in [-0.39, 0.29) is 23.2 Å². The van der Waals surface area contributed by atoms with Crippen LogP contribution in [-0.2, 0) is 16.6 Å². The number of carbonyl (C=O) groups is 1. The highest BCUT2D eigenvalue weighted by atomic mass is 32.2. The van der Waals surface area contributed by atoms with Gasteiger partial charge in [-0.3, -0.25) is 9.36 Å². The van der Waals surface area contributed by atoms with Crippen LogP contribution < -0.4 is 5.32 Å². The number of rotatable bonds is 7. The summed E-state index contributed by atoms with van der Waals surface area (Å²) in [5, 5.41) is 3.41. The van der Waals surface area contributed by atoms with Crippen LogP contribution >= 0.6 is 11.8 Å². The second kappa shape index (κ2) is 8.99. The van der Waals surface area contributed by atoms with Crippen molar-refractivity contribution in [2.45, 2.75) is 16.6 Å². The van der Waals surface area contributed by atoms with Crippen molar-refractivity contribution in [3.8, 4) is 5.69 Å². The maximum atomic E-state index is 13.3. The van der Waals surface area contributed by atoms with Gasteiger partial charge in [0.15, 0.2) is 5.16 Å². The summed E-state index contributed by atoms with van der Waals surface area (Å²) in [6, 6.07) is 12.1. The Morgan fingerprint density at radius 1 is 1.13 bits per heavy atom. The summed E-state index contributed by atoms with van der Waals surface area (Å²) in [5.74, 6) is -0.715.